The molecule has 13 rings (SSSR count). The van der Waals surface area contributed by atoms with Gasteiger partial charge in [0.25, 0.3) is 6.47 Å². The first kappa shape index (κ1) is 88.7. The van der Waals surface area contributed by atoms with Crippen LogP contribution in [0.25, 0.3) is 0 Å². The van der Waals surface area contributed by atoms with Gasteiger partial charge in [-0.15, -0.1) is 12.4 Å². The van der Waals surface area contributed by atoms with Crippen LogP contribution in [0.3, 0.4) is 0 Å². The molecule has 9 aliphatic carbocycles. The minimum Gasteiger partial charge on any atom is -1.00 e. The van der Waals surface area contributed by atoms with Gasteiger partial charge in [0.1, 0.15) is 32.2 Å². The molecule has 0 aromatic carbocycles. The molecule has 0 spiro atoms. The van der Waals surface area contributed by atoms with Gasteiger partial charge < -0.3 is 67.4 Å². The van der Waals surface area contributed by atoms with Gasteiger partial charge in [-0.2, -0.15) is 0 Å². The zero-order valence-corrected chi connectivity index (χ0v) is 68.2. The van der Waals surface area contributed by atoms with Crippen molar-refractivity contribution in [2.45, 2.75) is 196 Å². The average molecular weight is 1590 g/mol. The van der Waals surface area contributed by atoms with Crippen molar-refractivity contribution in [1.82, 2.24) is 25.2 Å². The molecule has 93 heavy (non-hydrogen) atoms. The van der Waals surface area contributed by atoms with E-state index in [0.29, 0.717) is 52.5 Å². The maximum absolute atomic E-state index is 12.3. The number of nitrogens with zero attached hydrogens (tertiary/aromatic N) is 4. The summed E-state index contributed by atoms with van der Waals surface area (Å²) < 4.78 is 30.9. The second-order valence-electron chi connectivity index (χ2n) is 24.7. The van der Waals surface area contributed by atoms with Crippen molar-refractivity contribution in [2.75, 3.05) is 80.6 Å². The quantitative estimate of drug-likeness (QED) is 0.0114. The Kier molecular flexibility index (Phi) is 40.8. The number of nitrogens with one attached hydrogen (secondary N) is 3. The number of carbonyl (C=O) groups is 5. The molecule has 7 N–H and O–H groups in total. The van der Waals surface area contributed by atoms with Crippen molar-refractivity contribution in [3.8, 4) is 0 Å². The molecule has 3 aromatic rings. The molecule has 9 saturated carbocycles. The first-order valence-corrected chi connectivity index (χ1v) is 34.5. The van der Waals surface area contributed by atoms with Crippen LogP contribution in [-0.4, -0.2) is 159 Å². The van der Waals surface area contributed by atoms with E-state index in [1.165, 1.54) is 43.9 Å². The molecule has 1 amide bonds. The number of hydrogen-bond acceptors (Lipinski definition) is 21. The van der Waals surface area contributed by atoms with Crippen LogP contribution in [0.5, 0.6) is 0 Å². The summed E-state index contributed by atoms with van der Waals surface area (Å²) in [7, 11) is 0. The van der Waals surface area contributed by atoms with Crippen molar-refractivity contribution in [1.29, 1.82) is 0 Å². The molecular weight excluding hydrogens is 1490 g/mol. The van der Waals surface area contributed by atoms with Crippen LogP contribution in [0.4, 0.5) is 16.2 Å². The third kappa shape index (κ3) is 28.2. The molecule has 0 radical (unpaired) electrons. The van der Waals surface area contributed by atoms with E-state index in [9.17, 15) is 19.2 Å². The topological polar surface area (TPSA) is 303 Å². The maximum Gasteiger partial charge on any atom is 1.00 e. The fraction of sp³-hybridized carbons (Fsp3) is 0.677. The molecule has 10 fully saturated rings. The molecule has 3 aromatic heterocycles. The molecule has 514 valence electrons. The van der Waals surface area contributed by atoms with Gasteiger partial charge in [-0.3, -0.25) is 9.69 Å². The Morgan fingerprint density at radius 2 is 0.968 bits per heavy atom. The second-order valence-corrected chi connectivity index (χ2v) is 27.9. The number of morpholine rings is 1. The number of anilines is 2. The Morgan fingerprint density at radius 1 is 0.624 bits per heavy atom. The molecule has 6 bridgehead atoms. The number of nitrogens with two attached hydrogens (primary N) is 2. The Bertz CT molecular complexity index is 2770. The number of aromatic nitrogens is 3. The van der Waals surface area contributed by atoms with Crippen LogP contribution < -0.4 is 135 Å². The molecule has 22 nitrogen and oxygen atoms in total. The summed E-state index contributed by atoms with van der Waals surface area (Å²) >= 11 is 29.9. The van der Waals surface area contributed by atoms with Crippen molar-refractivity contribution in [3.63, 3.8) is 0 Å². The monoisotopic (exact) mass is 1580 g/mol. The first-order valence-electron chi connectivity index (χ1n) is 30.7. The Labute approximate surface area is 677 Å². The van der Waals surface area contributed by atoms with Crippen LogP contribution >= 0.6 is 90.7 Å². The van der Waals surface area contributed by atoms with E-state index in [2.05, 4.69) is 72.5 Å². The number of ether oxygens (including phenoxy) is 6. The van der Waals surface area contributed by atoms with Crippen molar-refractivity contribution < 1.29 is 167 Å². The van der Waals surface area contributed by atoms with E-state index in [1.54, 1.807) is 32.9 Å². The summed E-state index contributed by atoms with van der Waals surface area (Å²) in [5.41, 5.74) is 15.1. The van der Waals surface area contributed by atoms with Gasteiger partial charge in [0.2, 0.25) is 0 Å². The predicted octanol–water partition coefficient (Wildman–Crippen LogP) is 6.28. The van der Waals surface area contributed by atoms with Crippen LogP contribution in [0.1, 0.15) is 190 Å². The summed E-state index contributed by atoms with van der Waals surface area (Å²) in [6.45, 7) is 17.2. The molecule has 10 aliphatic rings. The number of hydrogen-bond donors (Lipinski definition) is 5. The van der Waals surface area contributed by atoms with Crippen molar-refractivity contribution in [3.05, 3.63) is 74.0 Å². The summed E-state index contributed by atoms with van der Waals surface area (Å²) in [5, 5.41) is 21.9. The average Bonchev–Trinajstić information content (AvgIpc) is 0.763. The van der Waals surface area contributed by atoms with Crippen LogP contribution in [-0.2, 0) is 38.1 Å². The van der Waals surface area contributed by atoms with Gasteiger partial charge in [0, 0.05) is 75.6 Å². The van der Waals surface area contributed by atoms with Crippen LogP contribution in [0.15, 0.2) is 36.8 Å². The SMILES string of the molecule is BrCCOCCBr.CC(C)(C)OC(=O)NC12CCC(N)(CC1)CC2.CCOC(=O)c1cnc(Cl)cc1Cl.CCOC(=O)c1cnc(Cl)cc1NC12CCC(N)(CC1)CC2.CCOC(=O)c1cnc(Cl)cc1NC12CCC(N3CCOCC3)(CC1)CC2.Cl.O=CO[O-].[H-].[K+].[K+]. The molecule has 31 heteroatoms. The summed E-state index contributed by atoms with van der Waals surface area (Å²) in [5.74, 6) is -1.21. The molecule has 1 aliphatic heterocycles. The second kappa shape index (κ2) is 42.8. The fourth-order valence-electron chi connectivity index (χ4n) is 12.5. The smallest absolute Gasteiger partial charge is 1.00 e. The number of rotatable bonds is 17. The fourth-order valence-corrected chi connectivity index (χ4v) is 13.8. The van der Waals surface area contributed by atoms with E-state index in [1.807, 2.05) is 20.8 Å². The number of amides is 1. The normalized spacial score (nSPS) is 25.1. The third-order valence-electron chi connectivity index (χ3n) is 17.6. The third-order valence-corrected chi connectivity index (χ3v) is 19.2. The van der Waals surface area contributed by atoms with Gasteiger partial charge in [0.05, 0.1) is 68.2 Å². The van der Waals surface area contributed by atoms with Crippen molar-refractivity contribution >= 4 is 133 Å². The minimum absolute atomic E-state index is 0. The van der Waals surface area contributed by atoms with Crippen LogP contribution in [0.2, 0.25) is 20.5 Å². The summed E-state index contributed by atoms with van der Waals surface area (Å²) in [6.07, 6.45) is 23.0. The number of esters is 3. The van der Waals surface area contributed by atoms with Gasteiger partial charge in [0.15, 0.2) is 0 Å². The number of alkyl halides is 2. The Balaban J connectivity index is 0.000000600. The molecule has 0 unspecified atom stereocenters. The first-order chi connectivity index (χ1) is 42.7. The number of carbonyl (C=O) groups excluding carboxylic acids is 5. The summed E-state index contributed by atoms with van der Waals surface area (Å²) in [4.78, 5) is 73.1. The number of pyridine rings is 3. The molecular formula is C62H92Br2Cl5K2N9O13. The molecule has 1 saturated heterocycles. The molecule has 4 heterocycles. The van der Waals surface area contributed by atoms with Gasteiger partial charge in [-0.1, -0.05) is 78.3 Å². The van der Waals surface area contributed by atoms with E-state index < -0.39 is 11.6 Å². The van der Waals surface area contributed by atoms with Crippen LogP contribution in [0, 0.1) is 0 Å². The van der Waals surface area contributed by atoms with Gasteiger partial charge >= 0.3 is 127 Å². The van der Waals surface area contributed by atoms with Gasteiger partial charge in [-0.25, -0.2) is 34.1 Å². The Hall–Kier alpha value is -0.357. The summed E-state index contributed by atoms with van der Waals surface area (Å²) in [6, 6.07) is 4.86. The van der Waals surface area contributed by atoms with Crippen molar-refractivity contribution in [2.24, 2.45) is 11.5 Å². The minimum atomic E-state index is -0.489. The van der Waals surface area contributed by atoms with E-state index >= 15 is 0 Å². The Morgan fingerprint density at radius 3 is 1.31 bits per heavy atom. The predicted molar refractivity (Wildman–Crippen MR) is 361 cm³/mol. The zero-order valence-electron chi connectivity index (χ0n) is 56.0. The zero-order chi connectivity index (χ0) is 66.2. The molecule has 0 atom stereocenters. The van der Waals surface area contributed by atoms with Gasteiger partial charge in [-0.05, 0) is 175 Å². The number of halogens is 7. The van der Waals surface area contributed by atoms with E-state index in [4.69, 9.17) is 96.3 Å². The van der Waals surface area contributed by atoms with E-state index in [-0.39, 0.29) is 185 Å². The number of alkyl carbamates (subject to hydrolysis) is 1. The standard InChI is InChI=1S/C20H28ClN3O3.C16H22ClN3O2.C13H24N2O2.C8H7Cl2NO2.C4H8Br2O.CH2O3.ClH.2K.H/c1-2-27-18(25)15-14-22-17(21)13-16(15)23-19-3-6-20(7-4-19,8-5-19)24-9-11-26-12-10-24;1-2-22-14(21)11-10-19-13(17)9-12(11)20-16-6-3-15(18,4-7-16)5-8-16;1-11(2,3)17-10(16)15-13-7-4-12(14,5-8-13)6-9-13;1-2-13-8(12)5-4-11-7(10)3-6(5)9;5-1-3-7-4-2-6;2-1-4-3;;;;/h13-14H,2-12H2,1H3,(H,22,23);9-10H,2-8,18H2,1H3,(H,19,20);4-9,14H2,1-3H3,(H,15,16);3-4H,2H2,1H3;1-4H2;1,3H;1H;;;/q;;;;;;;2*+1;-1/p-1. The maximum atomic E-state index is 12.3. The largest absolute Gasteiger partial charge is 1.00 e. The number of fused-ring (bicyclic) bond motifs is 9. The van der Waals surface area contributed by atoms with E-state index in [0.717, 1.165) is 152 Å².